The van der Waals surface area contributed by atoms with E-state index in [9.17, 15) is 14.7 Å². The van der Waals surface area contributed by atoms with Gasteiger partial charge >= 0.3 is 5.97 Å². The number of carbonyl (C=O) groups is 2. The number of carboxylic acids is 1. The first-order valence-corrected chi connectivity index (χ1v) is 7.67. The zero-order valence-electron chi connectivity index (χ0n) is 14.0. The van der Waals surface area contributed by atoms with Crippen molar-refractivity contribution in [2.24, 2.45) is 22.7 Å². The van der Waals surface area contributed by atoms with Gasteiger partial charge in [-0.25, -0.2) is 0 Å². The zero-order chi connectivity index (χ0) is 16.9. The molecule has 2 aliphatic rings. The van der Waals surface area contributed by atoms with Gasteiger partial charge in [0.1, 0.15) is 0 Å². The summed E-state index contributed by atoms with van der Waals surface area (Å²) in [6.45, 7) is 9.81. The first-order valence-electron chi connectivity index (χ1n) is 7.67. The minimum absolute atomic E-state index is 0.0136. The maximum absolute atomic E-state index is 12.3. The summed E-state index contributed by atoms with van der Waals surface area (Å²) >= 11 is 0. The van der Waals surface area contributed by atoms with Gasteiger partial charge in [-0.2, -0.15) is 0 Å². The number of hydrogen-bond acceptors (Lipinski definition) is 2. The molecule has 0 aliphatic heterocycles. The van der Waals surface area contributed by atoms with Crippen LogP contribution < -0.4 is 0 Å². The summed E-state index contributed by atoms with van der Waals surface area (Å²) in [7, 11) is 0. The summed E-state index contributed by atoms with van der Waals surface area (Å²) in [4.78, 5) is 24.5. The average molecular weight is 300 g/mol. The molecule has 3 heteroatoms. The molecule has 2 rings (SSSR count). The third kappa shape index (κ3) is 1.97. The summed E-state index contributed by atoms with van der Waals surface area (Å²) < 4.78 is 0. The fourth-order valence-electron chi connectivity index (χ4n) is 4.47. The van der Waals surface area contributed by atoms with Crippen LogP contribution in [0.25, 0.3) is 0 Å². The van der Waals surface area contributed by atoms with Gasteiger partial charge in [-0.15, -0.1) is 12.3 Å². The summed E-state index contributed by atoms with van der Waals surface area (Å²) in [6.07, 6.45) is 7.96. The van der Waals surface area contributed by atoms with Crippen molar-refractivity contribution in [3.05, 3.63) is 22.8 Å². The van der Waals surface area contributed by atoms with Crippen LogP contribution in [0.15, 0.2) is 22.8 Å². The normalized spacial score (nSPS) is 32.6. The number of hydrogen-bond donors (Lipinski definition) is 1. The predicted octanol–water partition coefficient (Wildman–Crippen LogP) is 3.61. The number of allylic oxidation sites excluding steroid dienone is 4. The van der Waals surface area contributed by atoms with E-state index in [1.807, 2.05) is 40.7 Å². The second-order valence-corrected chi connectivity index (χ2v) is 7.34. The van der Waals surface area contributed by atoms with Crippen molar-refractivity contribution in [1.29, 1.82) is 0 Å². The maximum Gasteiger partial charge on any atom is 0.311 e. The number of rotatable bonds is 4. The number of Topliss-reactive ketones (excluding diaryl/α,β-unsaturated/α-hetero) is 1. The summed E-state index contributed by atoms with van der Waals surface area (Å²) in [5, 5.41) is 10.00. The van der Waals surface area contributed by atoms with E-state index in [1.165, 1.54) is 0 Å². The number of carboxylic acid groups (broad SMARTS) is 1. The number of terminal acetylenes is 1. The van der Waals surface area contributed by atoms with Crippen LogP contribution in [0.2, 0.25) is 0 Å². The molecular formula is C19H24O3. The Kier molecular flexibility index (Phi) is 3.85. The molecule has 3 atom stereocenters. The first kappa shape index (κ1) is 16.5. The summed E-state index contributed by atoms with van der Waals surface area (Å²) in [5.74, 6) is 1.42. The Morgan fingerprint density at radius 1 is 1.45 bits per heavy atom. The van der Waals surface area contributed by atoms with Crippen molar-refractivity contribution in [3.63, 3.8) is 0 Å². The molecule has 1 saturated carbocycles. The third-order valence-electron chi connectivity index (χ3n) is 5.66. The van der Waals surface area contributed by atoms with Crippen LogP contribution in [0.5, 0.6) is 0 Å². The highest BCUT2D eigenvalue weighted by atomic mass is 16.4. The Labute approximate surface area is 132 Å². The molecule has 118 valence electrons. The molecule has 1 fully saturated rings. The maximum atomic E-state index is 12.3. The van der Waals surface area contributed by atoms with Gasteiger partial charge in [-0.05, 0) is 26.2 Å². The van der Waals surface area contributed by atoms with Gasteiger partial charge in [0.25, 0.3) is 0 Å². The highest BCUT2D eigenvalue weighted by Gasteiger charge is 2.78. The van der Waals surface area contributed by atoms with Crippen molar-refractivity contribution in [1.82, 2.24) is 0 Å². The fraction of sp³-hybridized carbons (Fsp3) is 0.579. The lowest BCUT2D eigenvalue weighted by molar-refractivity contribution is -0.147. The Bertz CT molecular complexity index is 638. The highest BCUT2D eigenvalue weighted by molar-refractivity contribution is 6.01. The molecule has 0 amide bonds. The van der Waals surface area contributed by atoms with E-state index in [1.54, 1.807) is 0 Å². The van der Waals surface area contributed by atoms with Crippen LogP contribution in [-0.2, 0) is 9.59 Å². The van der Waals surface area contributed by atoms with Gasteiger partial charge < -0.3 is 5.11 Å². The van der Waals surface area contributed by atoms with Crippen LogP contribution in [0.4, 0.5) is 0 Å². The minimum Gasteiger partial charge on any atom is -0.481 e. The quantitative estimate of drug-likeness (QED) is 0.637. The van der Waals surface area contributed by atoms with Gasteiger partial charge in [-0.3, -0.25) is 9.59 Å². The van der Waals surface area contributed by atoms with Crippen molar-refractivity contribution in [2.75, 3.05) is 0 Å². The Morgan fingerprint density at radius 2 is 2.05 bits per heavy atom. The lowest BCUT2D eigenvalue weighted by atomic mass is 9.78. The van der Waals surface area contributed by atoms with E-state index in [2.05, 4.69) is 5.92 Å². The first-order chi connectivity index (χ1) is 10.1. The lowest BCUT2D eigenvalue weighted by Gasteiger charge is -2.24. The monoisotopic (exact) mass is 300 g/mol. The Morgan fingerprint density at radius 3 is 2.50 bits per heavy atom. The Hall–Kier alpha value is -1.82. The van der Waals surface area contributed by atoms with E-state index in [4.69, 9.17) is 6.42 Å². The van der Waals surface area contributed by atoms with Crippen LogP contribution in [0, 0.1) is 35.0 Å². The minimum atomic E-state index is -0.902. The fourth-order valence-corrected chi connectivity index (χ4v) is 4.47. The Balaban J connectivity index is 2.53. The zero-order valence-corrected chi connectivity index (χ0v) is 14.0. The molecule has 0 aromatic heterocycles. The van der Waals surface area contributed by atoms with Crippen LogP contribution in [-0.4, -0.2) is 16.9 Å². The molecule has 1 N–H and O–H groups in total. The molecule has 0 aromatic rings. The predicted molar refractivity (Wildman–Crippen MR) is 86.0 cm³/mol. The SMILES string of the molecule is C#CCC1=C(C)[C@@H]([C@@]2(C(=O)O)C(C=C(C)C)C2(C)C)CC1=O. The molecule has 0 heterocycles. The third-order valence-corrected chi connectivity index (χ3v) is 5.66. The smallest absolute Gasteiger partial charge is 0.311 e. The van der Waals surface area contributed by atoms with Gasteiger partial charge in [0.15, 0.2) is 5.78 Å². The number of aliphatic carboxylic acids is 1. The number of carbonyl (C=O) groups excluding carboxylic acids is 1. The van der Waals surface area contributed by atoms with E-state index >= 15 is 0 Å². The standard InChI is InChI=1S/C19H24O3/c1-7-8-13-12(4)14(10-15(13)20)19(17(21)22)16(9-11(2)3)18(19,5)6/h1,9,14,16H,8,10H2,2-6H3,(H,21,22)/t14-,16?,19-/m0/s1. The van der Waals surface area contributed by atoms with Gasteiger partial charge in [0.05, 0.1) is 5.41 Å². The van der Waals surface area contributed by atoms with Crippen LogP contribution >= 0.6 is 0 Å². The van der Waals surface area contributed by atoms with Gasteiger partial charge in [0, 0.05) is 30.3 Å². The van der Waals surface area contributed by atoms with E-state index < -0.39 is 11.4 Å². The average Bonchev–Trinajstić information content (AvgIpc) is 2.73. The van der Waals surface area contributed by atoms with Gasteiger partial charge in [-0.1, -0.05) is 31.1 Å². The largest absolute Gasteiger partial charge is 0.481 e. The highest BCUT2D eigenvalue weighted by Crippen LogP contribution is 2.75. The van der Waals surface area contributed by atoms with Crippen molar-refractivity contribution in [2.45, 2.75) is 47.5 Å². The van der Waals surface area contributed by atoms with Gasteiger partial charge in [0.2, 0.25) is 0 Å². The van der Waals surface area contributed by atoms with Crippen LogP contribution in [0.3, 0.4) is 0 Å². The molecule has 3 nitrogen and oxygen atoms in total. The second-order valence-electron chi connectivity index (χ2n) is 7.34. The molecule has 0 bridgehead atoms. The number of ketones is 1. The molecule has 0 aromatic carbocycles. The lowest BCUT2D eigenvalue weighted by Crippen LogP contribution is -2.31. The summed E-state index contributed by atoms with van der Waals surface area (Å²) in [6, 6.07) is 0. The van der Waals surface area contributed by atoms with Crippen molar-refractivity contribution in [3.8, 4) is 12.3 Å². The summed E-state index contributed by atoms with van der Waals surface area (Å²) in [5.41, 5.74) is 1.36. The molecule has 0 saturated heterocycles. The molecule has 2 aliphatic carbocycles. The molecular weight excluding hydrogens is 276 g/mol. The van der Waals surface area contributed by atoms with Crippen LogP contribution in [0.1, 0.15) is 47.5 Å². The molecule has 22 heavy (non-hydrogen) atoms. The van der Waals surface area contributed by atoms with E-state index in [0.717, 1.165) is 11.1 Å². The van der Waals surface area contributed by atoms with E-state index in [0.29, 0.717) is 12.0 Å². The van der Waals surface area contributed by atoms with Crippen molar-refractivity contribution >= 4 is 11.8 Å². The topological polar surface area (TPSA) is 54.4 Å². The van der Waals surface area contributed by atoms with E-state index in [-0.39, 0.29) is 29.5 Å². The van der Waals surface area contributed by atoms with Crippen molar-refractivity contribution < 1.29 is 14.7 Å². The second kappa shape index (κ2) is 5.12. The molecule has 0 radical (unpaired) electrons. The molecule has 0 spiro atoms. The molecule has 1 unspecified atom stereocenters.